The standard InChI is InChI=1S/C100H158N10O28P2/c1-64(2)32-22-33-65(3)34-23-35-66(4)36-24-37-67(5)38-25-39-68(6)40-26-41-69(7)42-27-43-70(8)44-28-45-71(9)46-29-47-72(10)48-30-49-73(11)50-31-51-74(12)58-61-131-139(127,128)138-140(129,130)136-100-90(105-78(16)114)94(93(84(63-112)134-100)135-99-89(104-77(15)113)92(118)91(117)83(62-111)133-99)132-76(14)96(120)103-75(13)95(119)107-81(98(123)124)55-57-86(116)106-80(97(121)122)52-19-21-60-102-85(115)53-18-17-20-59-101-79-54-56-82(110(125)126)88-87(79)108-137-109-88/h32,34,36,38,40,42,44,46,48,50,54,56,58,75-76,80-81,83-84,89-94,99-101,111-112,117-118H,17-31,33,35,37,39,41,43,45,47,49,51-53,55,57,59-63H2,1-16H3,(H,102,115)(H,103,120)(H,104,113)(H,105,114)(H,106,116)(H,107,119)(H,121,122)(H,123,124)(H,127,128)(H,129,130)/b65-34+,66-36+,67-38+,68-40-,69-42-,70-44-,71-46-,72-48-,73-50-,74-58-/t75-,76+,80-,81+,83-,84+,89-,90+,91-,92-,93+,94+,99+,100+/m0/s1. The van der Waals surface area contributed by atoms with E-state index in [0.717, 1.165) is 154 Å². The van der Waals surface area contributed by atoms with Crippen molar-refractivity contribution in [2.75, 3.05) is 38.2 Å². The third-order valence-corrected chi connectivity index (χ3v) is 26.4. The summed E-state index contributed by atoms with van der Waals surface area (Å²) in [5.74, 6) is -8.29. The number of aromatic nitrogens is 2. The molecule has 2 aliphatic heterocycles. The van der Waals surface area contributed by atoms with E-state index in [4.69, 9.17) is 28.0 Å². The molecule has 140 heavy (non-hydrogen) atoms. The predicted octanol–water partition coefficient (Wildman–Crippen LogP) is 15.6. The minimum absolute atomic E-state index is 0.00770. The highest BCUT2D eigenvalue weighted by molar-refractivity contribution is 7.61. The SMILES string of the molecule is CC(=O)N[C@@H]1[C@@H](O[C@H]2[C@H](O[C@H](C)C(=O)N[C@@H](C)C(=O)N[C@H](CCC(=O)N[C@@H](CCCCNC(=O)CCCCCNc3ccc([N+](=O)[O-])c4nonc34)C(=O)O)C(=O)O)[C@@H](NC(C)=O)[C@@H](OP(=O)(O)OP(=O)(O)OC/C=C(/C)CC/C=C(/C)CC/C=C(/C)CC/C=C(/C)CC/C=C(/C)CC/C=C(/C)CC/C=C(/C)CC/C=C(\C)CC/C=C(\C)CC/C=C(\C)CCC=C(C)C)O[C@@H]2CO)O[C@@H](CO)[C@H](O)[C@H]1O. The zero-order valence-electron chi connectivity index (χ0n) is 84.6. The van der Waals surface area contributed by atoms with Gasteiger partial charge in [0, 0.05) is 45.8 Å². The van der Waals surface area contributed by atoms with E-state index in [2.05, 4.69) is 186 Å². The number of aliphatic hydroxyl groups excluding tert-OH is 4. The molecule has 2 aliphatic rings. The van der Waals surface area contributed by atoms with Crippen molar-refractivity contribution >= 4 is 85.4 Å². The Labute approximate surface area is 824 Å². The number of carboxylic acid groups (broad SMARTS) is 2. The first-order chi connectivity index (χ1) is 66.2. The lowest BCUT2D eigenvalue weighted by Crippen LogP contribution is -2.70. The topological polar surface area (TPSA) is 563 Å². The molecule has 3 heterocycles. The summed E-state index contributed by atoms with van der Waals surface area (Å²) in [7, 11) is -11.5. The van der Waals surface area contributed by atoms with Crippen LogP contribution in [0.3, 0.4) is 0 Å². The lowest BCUT2D eigenvalue weighted by Gasteiger charge is -2.49. The van der Waals surface area contributed by atoms with E-state index in [0.29, 0.717) is 50.8 Å². The fourth-order valence-corrected chi connectivity index (χ4v) is 17.6. The zero-order chi connectivity index (χ0) is 104. The van der Waals surface area contributed by atoms with Crippen molar-refractivity contribution in [2.45, 2.75) is 383 Å². The number of nitro benzene ring substituents is 1. The van der Waals surface area contributed by atoms with Crippen molar-refractivity contribution in [3.8, 4) is 0 Å². The number of hydrogen-bond donors (Lipinski definition) is 15. The van der Waals surface area contributed by atoms with Gasteiger partial charge >= 0.3 is 33.3 Å². The number of ether oxygens (including phenoxy) is 4. The Morgan fingerprint density at radius 2 is 0.914 bits per heavy atom. The van der Waals surface area contributed by atoms with Crippen LogP contribution in [0.1, 0.15) is 297 Å². The molecular formula is C100H158N10O28P2. The molecule has 786 valence electrons. The highest BCUT2D eigenvalue weighted by Crippen LogP contribution is 2.61. The summed E-state index contributed by atoms with van der Waals surface area (Å²) in [6.07, 6.45) is 28.7. The maximum Gasteiger partial charge on any atom is 0.483 e. The number of hydrogen-bond acceptors (Lipinski definition) is 27. The van der Waals surface area contributed by atoms with Crippen LogP contribution >= 0.6 is 15.6 Å². The highest BCUT2D eigenvalue weighted by Gasteiger charge is 2.55. The Morgan fingerprint density at radius 1 is 0.479 bits per heavy atom. The molecule has 15 N–H and O–H groups in total. The average Bonchev–Trinajstić information content (AvgIpc) is 1.06. The van der Waals surface area contributed by atoms with Gasteiger partial charge in [0.2, 0.25) is 41.0 Å². The van der Waals surface area contributed by atoms with Crippen LogP contribution in [0.5, 0.6) is 0 Å². The minimum atomic E-state index is -5.95. The molecule has 4 rings (SSSR count). The van der Waals surface area contributed by atoms with Crippen molar-refractivity contribution in [2.24, 2.45) is 0 Å². The number of aliphatic carboxylic acids is 2. The molecule has 0 radical (unpaired) electrons. The van der Waals surface area contributed by atoms with Crippen LogP contribution in [-0.2, 0) is 79.8 Å². The van der Waals surface area contributed by atoms with E-state index in [-0.39, 0.29) is 48.4 Å². The number of nitrogens with one attached hydrogen (secondary N) is 7. The van der Waals surface area contributed by atoms with Gasteiger partial charge in [-0.05, 0) is 280 Å². The second-order valence-electron chi connectivity index (χ2n) is 36.9. The third-order valence-electron chi connectivity index (χ3n) is 23.8. The molecule has 0 saturated carbocycles. The van der Waals surface area contributed by atoms with Gasteiger partial charge in [-0.25, -0.2) is 23.3 Å². The Kier molecular flexibility index (Phi) is 57.8. The van der Waals surface area contributed by atoms with Gasteiger partial charge in [-0.1, -0.05) is 135 Å². The molecule has 16 atom stereocenters. The minimum Gasteiger partial charge on any atom is -0.480 e. The third kappa shape index (κ3) is 49.6. The number of nitrogens with zero attached hydrogens (tertiary/aromatic N) is 3. The molecule has 0 aliphatic carbocycles. The maximum absolute atomic E-state index is 14.1. The number of aliphatic hydroxyl groups is 4. The Balaban J connectivity index is 1.25. The zero-order valence-corrected chi connectivity index (χ0v) is 86.4. The lowest BCUT2D eigenvalue weighted by molar-refractivity contribution is -0.383. The van der Waals surface area contributed by atoms with Crippen LogP contribution in [-0.4, -0.2) is 221 Å². The van der Waals surface area contributed by atoms with Gasteiger partial charge in [-0.3, -0.25) is 47.9 Å². The van der Waals surface area contributed by atoms with Crippen LogP contribution in [0, 0.1) is 10.1 Å². The number of carbonyl (C=O) groups is 8. The monoisotopic (exact) mass is 2010 g/mol. The number of fused-ring (bicyclic) bond motifs is 1. The van der Waals surface area contributed by atoms with E-state index >= 15 is 0 Å². The molecule has 1 aromatic heterocycles. The molecule has 6 amide bonds. The Hall–Kier alpha value is -9.34. The smallest absolute Gasteiger partial charge is 0.480 e. The quantitative estimate of drug-likeness (QED) is 0.00961. The molecule has 0 bridgehead atoms. The number of carbonyl (C=O) groups excluding carboxylic acids is 6. The van der Waals surface area contributed by atoms with Crippen LogP contribution in [0.15, 0.2) is 145 Å². The van der Waals surface area contributed by atoms with Crippen molar-refractivity contribution < 1.29 is 130 Å². The number of non-ortho nitro benzene ring substituents is 1. The van der Waals surface area contributed by atoms with E-state index in [1.807, 2.05) is 6.92 Å². The molecule has 1 aromatic carbocycles. The summed E-state index contributed by atoms with van der Waals surface area (Å²) >= 11 is 0. The van der Waals surface area contributed by atoms with Gasteiger partial charge < -0.3 is 96.6 Å². The number of nitro groups is 1. The molecule has 2 saturated heterocycles. The van der Waals surface area contributed by atoms with Gasteiger partial charge in [0.15, 0.2) is 18.1 Å². The highest BCUT2D eigenvalue weighted by atomic mass is 31.3. The number of carboxylic acids is 2. The van der Waals surface area contributed by atoms with Gasteiger partial charge in [-0.15, -0.1) is 0 Å². The Morgan fingerprint density at radius 3 is 1.36 bits per heavy atom. The fraction of sp³-hybridized carbons (Fsp3) is 0.640. The Bertz CT molecular complexity index is 4780. The van der Waals surface area contributed by atoms with Gasteiger partial charge in [0.1, 0.15) is 72.9 Å². The normalized spacial score (nSPS) is 21.2. The van der Waals surface area contributed by atoms with Gasteiger partial charge in [0.05, 0.1) is 30.4 Å². The van der Waals surface area contributed by atoms with E-state index in [1.54, 1.807) is 6.92 Å². The summed E-state index contributed by atoms with van der Waals surface area (Å²) in [6, 6.07) is -5.80. The fourth-order valence-electron chi connectivity index (χ4n) is 15.5. The molecule has 2 aromatic rings. The number of amides is 6. The number of rotatable bonds is 68. The number of phosphoric acid groups is 2. The number of unbranched alkanes of at least 4 members (excludes halogenated alkanes) is 3. The second-order valence-corrected chi connectivity index (χ2v) is 39.9. The van der Waals surface area contributed by atoms with Crippen molar-refractivity contribution in [1.29, 1.82) is 0 Å². The van der Waals surface area contributed by atoms with E-state index in [1.165, 1.54) is 68.4 Å². The van der Waals surface area contributed by atoms with Crippen LogP contribution in [0.2, 0.25) is 0 Å². The first kappa shape index (κ1) is 123. The molecule has 38 nitrogen and oxygen atoms in total. The van der Waals surface area contributed by atoms with Crippen molar-refractivity contribution in [1.82, 2.24) is 42.2 Å². The summed E-state index contributed by atoms with van der Waals surface area (Å²) in [4.78, 5) is 136. The van der Waals surface area contributed by atoms with Gasteiger partial charge in [0.25, 0.3) is 0 Å². The largest absolute Gasteiger partial charge is 0.483 e. The van der Waals surface area contributed by atoms with Crippen molar-refractivity contribution in [3.05, 3.63) is 150 Å². The van der Waals surface area contributed by atoms with E-state index < -0.39 is 180 Å². The van der Waals surface area contributed by atoms with Crippen molar-refractivity contribution in [3.63, 3.8) is 0 Å². The summed E-state index contributed by atoms with van der Waals surface area (Å²) in [5, 5.41) is 99.2. The summed E-state index contributed by atoms with van der Waals surface area (Å²) < 4.78 is 71.1. The first-order valence-corrected chi connectivity index (χ1v) is 51.6. The molecular weight excluding hydrogens is 1850 g/mol. The van der Waals surface area contributed by atoms with E-state index in [9.17, 15) is 98.0 Å². The first-order valence-electron chi connectivity index (χ1n) is 48.6. The number of phosphoric ester groups is 2. The van der Waals surface area contributed by atoms with Crippen LogP contribution in [0.4, 0.5) is 11.4 Å². The molecule has 0 spiro atoms. The number of benzene rings is 1. The molecule has 2 fully saturated rings. The summed E-state index contributed by atoms with van der Waals surface area (Å²) in [5.41, 5.74) is 15.2. The predicted molar refractivity (Wildman–Crippen MR) is 533 cm³/mol. The number of anilines is 1. The molecule has 40 heteroatoms. The summed E-state index contributed by atoms with van der Waals surface area (Å²) in [6.45, 7) is 28.1. The number of allylic oxidation sites excluding steroid dienone is 21. The molecule has 2 unspecified atom stereocenters. The van der Waals surface area contributed by atoms with Gasteiger partial charge in [-0.2, -0.15) is 4.31 Å². The lowest BCUT2D eigenvalue weighted by atomic mass is 9.94. The van der Waals surface area contributed by atoms with Crippen LogP contribution < -0.4 is 37.2 Å². The second kappa shape index (κ2) is 65.8. The average molecular weight is 2010 g/mol. The van der Waals surface area contributed by atoms with Crippen LogP contribution in [0.25, 0.3) is 11.0 Å². The maximum atomic E-state index is 14.1.